The van der Waals surface area contributed by atoms with Crippen molar-refractivity contribution in [2.75, 3.05) is 5.73 Å². The molecule has 4 N–H and O–H groups in total. The Balaban J connectivity index is 1.94. The number of primary amides is 1. The van der Waals surface area contributed by atoms with Crippen molar-refractivity contribution in [3.63, 3.8) is 0 Å². The molecular weight excluding hydrogens is 349 g/mol. The van der Waals surface area contributed by atoms with Gasteiger partial charge in [-0.25, -0.2) is 9.37 Å². The molecule has 0 aliphatic heterocycles. The van der Waals surface area contributed by atoms with E-state index in [1.807, 2.05) is 6.92 Å². The van der Waals surface area contributed by atoms with Crippen molar-refractivity contribution < 1.29 is 13.6 Å². The highest BCUT2D eigenvalue weighted by Gasteiger charge is 2.15. The van der Waals surface area contributed by atoms with Gasteiger partial charge < -0.3 is 15.9 Å². The molecule has 1 atom stereocenters. The number of hydrogen-bond acceptors (Lipinski definition) is 6. The summed E-state index contributed by atoms with van der Waals surface area (Å²) in [4.78, 5) is 15.4. The first-order valence-electron chi connectivity index (χ1n) is 8.03. The highest BCUT2D eigenvalue weighted by Crippen LogP contribution is 2.25. The molecule has 0 saturated heterocycles. The van der Waals surface area contributed by atoms with Crippen LogP contribution in [0.15, 0.2) is 34.7 Å². The molecule has 3 aromatic rings. The second kappa shape index (κ2) is 7.25. The van der Waals surface area contributed by atoms with Crippen molar-refractivity contribution in [3.05, 3.63) is 59.2 Å². The average molecular weight is 365 g/mol. The molecule has 0 aliphatic rings. The van der Waals surface area contributed by atoms with Crippen LogP contribution in [0.2, 0.25) is 0 Å². The lowest BCUT2D eigenvalue weighted by Gasteiger charge is -2.07. The van der Waals surface area contributed by atoms with Crippen LogP contribution in [-0.2, 0) is 0 Å². The van der Waals surface area contributed by atoms with Gasteiger partial charge in [0.15, 0.2) is 11.5 Å². The number of benzene rings is 1. The van der Waals surface area contributed by atoms with E-state index in [4.69, 9.17) is 15.9 Å². The summed E-state index contributed by atoms with van der Waals surface area (Å²) in [7, 11) is 0. The summed E-state index contributed by atoms with van der Waals surface area (Å²) >= 11 is 0. The first kappa shape index (κ1) is 18.1. The number of nitrogen functional groups attached to an aromatic ring is 1. The predicted molar refractivity (Wildman–Crippen MR) is 96.9 cm³/mol. The second-order valence-corrected chi connectivity index (χ2v) is 5.85. The molecule has 136 valence electrons. The van der Waals surface area contributed by atoms with Gasteiger partial charge >= 0.3 is 0 Å². The maximum atomic E-state index is 14.3. The first-order valence-corrected chi connectivity index (χ1v) is 8.03. The van der Waals surface area contributed by atoms with Crippen molar-refractivity contribution >= 4 is 11.6 Å². The summed E-state index contributed by atoms with van der Waals surface area (Å²) in [6.45, 7) is 3.54. The van der Waals surface area contributed by atoms with E-state index in [9.17, 15) is 9.18 Å². The number of aromatic nitrogens is 3. The third kappa shape index (κ3) is 3.93. The zero-order valence-electron chi connectivity index (χ0n) is 14.7. The van der Waals surface area contributed by atoms with Gasteiger partial charge in [0.25, 0.3) is 5.91 Å². The van der Waals surface area contributed by atoms with Crippen LogP contribution >= 0.6 is 0 Å². The molecule has 2 aromatic heterocycles. The summed E-state index contributed by atoms with van der Waals surface area (Å²) in [5.41, 5.74) is 11.6. The highest BCUT2D eigenvalue weighted by molar-refractivity contribution is 5.96. The number of nitrogens with zero attached hydrogens (tertiary/aromatic N) is 3. The number of carbonyl (C=O) groups is 1. The van der Waals surface area contributed by atoms with E-state index < -0.39 is 11.7 Å². The molecule has 0 aliphatic carbocycles. The fraction of sp³-hybridized carbons (Fsp3) is 0.158. The molecule has 1 unspecified atom stereocenters. The summed E-state index contributed by atoms with van der Waals surface area (Å²) in [6, 6.07) is 7.82. The normalized spacial score (nSPS) is 11.5. The van der Waals surface area contributed by atoms with Crippen molar-refractivity contribution in [2.45, 2.75) is 19.8 Å². The van der Waals surface area contributed by atoms with Crippen molar-refractivity contribution in [2.24, 2.45) is 5.73 Å². The van der Waals surface area contributed by atoms with Crippen molar-refractivity contribution in [3.8, 4) is 23.1 Å². The molecule has 0 saturated carbocycles. The Morgan fingerprint density at radius 2 is 2.07 bits per heavy atom. The summed E-state index contributed by atoms with van der Waals surface area (Å²) in [5.74, 6) is 5.14. The summed E-state index contributed by atoms with van der Waals surface area (Å²) < 4.78 is 19.6. The number of nitrogens with two attached hydrogens (primary N) is 2. The molecule has 0 radical (unpaired) electrons. The number of pyridine rings is 1. The van der Waals surface area contributed by atoms with E-state index in [-0.39, 0.29) is 23.0 Å². The monoisotopic (exact) mass is 365 g/mol. The van der Waals surface area contributed by atoms with Gasteiger partial charge in [-0.1, -0.05) is 24.0 Å². The van der Waals surface area contributed by atoms with Crippen LogP contribution < -0.4 is 11.5 Å². The van der Waals surface area contributed by atoms with E-state index in [0.29, 0.717) is 22.9 Å². The lowest BCUT2D eigenvalue weighted by atomic mass is 10.1. The quantitative estimate of drug-likeness (QED) is 0.688. The zero-order chi connectivity index (χ0) is 19.6. The van der Waals surface area contributed by atoms with Crippen LogP contribution in [-0.4, -0.2) is 21.1 Å². The van der Waals surface area contributed by atoms with Gasteiger partial charge in [0.1, 0.15) is 5.69 Å². The lowest BCUT2D eigenvalue weighted by molar-refractivity contribution is 0.0996. The topological polar surface area (TPSA) is 121 Å². The van der Waals surface area contributed by atoms with Crippen LogP contribution in [0.25, 0.3) is 11.3 Å². The van der Waals surface area contributed by atoms with Gasteiger partial charge in [-0.3, -0.25) is 4.79 Å². The van der Waals surface area contributed by atoms with Crippen LogP contribution in [0.1, 0.15) is 40.7 Å². The molecule has 0 fully saturated rings. The van der Waals surface area contributed by atoms with E-state index in [2.05, 4.69) is 27.0 Å². The van der Waals surface area contributed by atoms with Crippen molar-refractivity contribution in [1.82, 2.24) is 15.2 Å². The number of amides is 1. The minimum atomic E-state index is -0.826. The predicted octanol–water partition coefficient (Wildman–Crippen LogP) is 2.42. The van der Waals surface area contributed by atoms with Gasteiger partial charge in [0, 0.05) is 24.1 Å². The van der Waals surface area contributed by atoms with E-state index in [1.165, 1.54) is 0 Å². The smallest absolute Gasteiger partial charge is 0.269 e. The number of halogens is 1. The molecule has 8 heteroatoms. The Labute approximate surface area is 154 Å². The minimum Gasteiger partial charge on any atom is -0.424 e. The van der Waals surface area contributed by atoms with Crippen LogP contribution in [0.4, 0.5) is 10.1 Å². The van der Waals surface area contributed by atoms with Crippen LogP contribution in [0.5, 0.6) is 0 Å². The Bertz CT molecular complexity index is 1080. The standard InChI is InChI=1S/C19H16FN5O2/c1-10(19-25-24-11(2)27-19)6-7-12-4-3-5-13(8-12)16-14(20)9-15(21)17(23-16)18(22)26/h3-5,8-10H,21H2,1-2H3,(H2,22,26). The Morgan fingerprint density at radius 3 is 2.74 bits per heavy atom. The lowest BCUT2D eigenvalue weighted by Crippen LogP contribution is -2.16. The highest BCUT2D eigenvalue weighted by atomic mass is 19.1. The molecule has 7 nitrogen and oxygen atoms in total. The fourth-order valence-corrected chi connectivity index (χ4v) is 2.39. The fourth-order valence-electron chi connectivity index (χ4n) is 2.39. The average Bonchev–Trinajstić information content (AvgIpc) is 3.06. The molecule has 0 spiro atoms. The van der Waals surface area contributed by atoms with Crippen molar-refractivity contribution in [1.29, 1.82) is 0 Å². The largest absolute Gasteiger partial charge is 0.424 e. The second-order valence-electron chi connectivity index (χ2n) is 5.85. The Hall–Kier alpha value is -3.73. The van der Waals surface area contributed by atoms with Gasteiger partial charge in [0.05, 0.1) is 11.6 Å². The molecule has 1 amide bonds. The van der Waals surface area contributed by atoms with Gasteiger partial charge in [0.2, 0.25) is 11.8 Å². The number of carbonyl (C=O) groups excluding carboxylic acids is 1. The number of hydrogen-bond donors (Lipinski definition) is 2. The molecule has 3 rings (SSSR count). The molecule has 27 heavy (non-hydrogen) atoms. The van der Waals surface area contributed by atoms with Gasteiger partial charge in [-0.15, -0.1) is 10.2 Å². The molecule has 0 bridgehead atoms. The van der Waals surface area contributed by atoms with E-state index in [0.717, 1.165) is 6.07 Å². The van der Waals surface area contributed by atoms with Crippen LogP contribution in [0, 0.1) is 24.6 Å². The number of anilines is 1. The Morgan fingerprint density at radius 1 is 1.30 bits per heavy atom. The van der Waals surface area contributed by atoms with E-state index >= 15 is 0 Å². The van der Waals surface area contributed by atoms with E-state index in [1.54, 1.807) is 31.2 Å². The third-order valence-corrected chi connectivity index (χ3v) is 3.72. The maximum Gasteiger partial charge on any atom is 0.269 e. The van der Waals surface area contributed by atoms with Gasteiger partial charge in [-0.05, 0) is 19.1 Å². The number of rotatable bonds is 3. The Kier molecular flexibility index (Phi) is 4.86. The summed E-state index contributed by atoms with van der Waals surface area (Å²) in [6.07, 6.45) is 0. The summed E-state index contributed by atoms with van der Waals surface area (Å²) in [5, 5.41) is 7.71. The minimum absolute atomic E-state index is 0.0257. The van der Waals surface area contributed by atoms with Crippen LogP contribution in [0.3, 0.4) is 0 Å². The molecule has 1 aromatic carbocycles. The first-order chi connectivity index (χ1) is 12.8. The third-order valence-electron chi connectivity index (χ3n) is 3.72. The molecule has 2 heterocycles. The number of aryl methyl sites for hydroxylation is 1. The zero-order valence-corrected chi connectivity index (χ0v) is 14.7. The SMILES string of the molecule is Cc1nnc(C(C)C#Cc2cccc(-c3nc(C(N)=O)c(N)cc3F)c2)o1. The molecular formula is C19H16FN5O2. The van der Waals surface area contributed by atoms with Gasteiger partial charge in [-0.2, -0.15) is 0 Å². The maximum absolute atomic E-state index is 14.3.